The van der Waals surface area contributed by atoms with Crippen LogP contribution in [0.2, 0.25) is 0 Å². The van der Waals surface area contributed by atoms with Gasteiger partial charge >= 0.3 is 0 Å². The molecular formula is C10H8F3N. The van der Waals surface area contributed by atoms with Gasteiger partial charge in [0.25, 0.3) is 6.43 Å². The van der Waals surface area contributed by atoms with Crippen molar-refractivity contribution in [3.63, 3.8) is 0 Å². The summed E-state index contributed by atoms with van der Waals surface area (Å²) < 4.78 is 37.9. The highest BCUT2D eigenvalue weighted by atomic mass is 19.3. The third-order valence-electron chi connectivity index (χ3n) is 1.88. The Balaban J connectivity index is 3.04. The molecule has 1 aromatic carbocycles. The van der Waals surface area contributed by atoms with Crippen molar-refractivity contribution in [1.29, 1.82) is 5.26 Å². The van der Waals surface area contributed by atoms with Crippen molar-refractivity contribution in [1.82, 2.24) is 0 Å². The monoisotopic (exact) mass is 199 g/mol. The average molecular weight is 199 g/mol. The number of hydrogen-bond donors (Lipinski definition) is 0. The van der Waals surface area contributed by atoms with Crippen molar-refractivity contribution in [2.45, 2.75) is 19.3 Å². The van der Waals surface area contributed by atoms with Gasteiger partial charge in [0.2, 0.25) is 0 Å². The normalized spacial score (nSPS) is 10.2. The van der Waals surface area contributed by atoms with Gasteiger partial charge in [0.05, 0.1) is 6.07 Å². The minimum atomic E-state index is -2.70. The summed E-state index contributed by atoms with van der Waals surface area (Å²) in [6, 6.07) is 5.35. The molecular weight excluding hydrogens is 191 g/mol. The van der Waals surface area contributed by atoms with E-state index in [1.54, 1.807) is 6.07 Å². The van der Waals surface area contributed by atoms with E-state index in [1.807, 2.05) is 0 Å². The summed E-state index contributed by atoms with van der Waals surface area (Å²) in [4.78, 5) is 0. The molecule has 0 aliphatic carbocycles. The molecule has 4 heteroatoms. The highest BCUT2D eigenvalue weighted by Gasteiger charge is 2.15. The number of alkyl halides is 2. The Labute approximate surface area is 79.8 Å². The van der Waals surface area contributed by atoms with Crippen LogP contribution < -0.4 is 0 Å². The topological polar surface area (TPSA) is 23.8 Å². The van der Waals surface area contributed by atoms with Crippen LogP contribution in [-0.2, 0) is 6.42 Å². The third kappa shape index (κ3) is 2.25. The predicted molar refractivity (Wildman–Crippen MR) is 45.3 cm³/mol. The summed E-state index contributed by atoms with van der Waals surface area (Å²) in [5.41, 5.74) is -0.371. The second kappa shape index (κ2) is 4.66. The Kier molecular flexibility index (Phi) is 3.52. The fraction of sp³-hybridized carbons (Fsp3) is 0.300. The Morgan fingerprint density at radius 3 is 2.64 bits per heavy atom. The van der Waals surface area contributed by atoms with E-state index in [2.05, 4.69) is 0 Å². The summed E-state index contributed by atoms with van der Waals surface area (Å²) in [6.45, 7) is 0. The first-order chi connectivity index (χ1) is 6.66. The molecule has 0 heterocycles. The van der Waals surface area contributed by atoms with E-state index in [0.717, 1.165) is 6.07 Å². The van der Waals surface area contributed by atoms with Crippen LogP contribution in [0.4, 0.5) is 13.2 Å². The molecule has 0 spiro atoms. The van der Waals surface area contributed by atoms with Gasteiger partial charge in [-0.05, 0) is 18.1 Å². The number of benzene rings is 1. The fourth-order valence-electron chi connectivity index (χ4n) is 1.22. The van der Waals surface area contributed by atoms with Crippen LogP contribution in [0.15, 0.2) is 18.2 Å². The molecule has 0 unspecified atom stereocenters. The number of nitriles is 1. The minimum Gasteiger partial charge on any atom is -0.207 e. The van der Waals surface area contributed by atoms with Gasteiger partial charge in [-0.25, -0.2) is 13.2 Å². The highest BCUT2D eigenvalue weighted by Crippen LogP contribution is 2.25. The molecule has 0 atom stereocenters. The zero-order valence-corrected chi connectivity index (χ0v) is 7.30. The Bertz CT molecular complexity index is 355. The van der Waals surface area contributed by atoms with Gasteiger partial charge in [-0.3, -0.25) is 0 Å². The first kappa shape index (κ1) is 10.6. The molecule has 0 fully saturated rings. The number of nitrogens with zero attached hydrogens (tertiary/aromatic N) is 1. The molecule has 1 aromatic rings. The van der Waals surface area contributed by atoms with Crippen molar-refractivity contribution in [3.8, 4) is 6.07 Å². The van der Waals surface area contributed by atoms with Gasteiger partial charge < -0.3 is 0 Å². The van der Waals surface area contributed by atoms with Crippen LogP contribution in [0.25, 0.3) is 0 Å². The Morgan fingerprint density at radius 1 is 1.36 bits per heavy atom. The van der Waals surface area contributed by atoms with E-state index in [-0.39, 0.29) is 24.0 Å². The second-order valence-electron chi connectivity index (χ2n) is 2.77. The van der Waals surface area contributed by atoms with Crippen molar-refractivity contribution < 1.29 is 13.2 Å². The summed E-state index contributed by atoms with van der Waals surface area (Å²) in [5, 5.41) is 8.29. The molecule has 0 aliphatic rings. The van der Waals surface area contributed by atoms with Crippen molar-refractivity contribution in [2.75, 3.05) is 0 Å². The standard InChI is InChI=1S/C10H8F3N/c11-9-5-1-3-8(10(12)13)7(9)4-2-6-14/h1,3,5,10H,2,4H2. The van der Waals surface area contributed by atoms with Crippen molar-refractivity contribution in [3.05, 3.63) is 35.1 Å². The van der Waals surface area contributed by atoms with Gasteiger partial charge in [0, 0.05) is 12.0 Å². The molecule has 0 saturated carbocycles. The number of hydrogen-bond acceptors (Lipinski definition) is 1. The third-order valence-corrected chi connectivity index (χ3v) is 1.88. The van der Waals surface area contributed by atoms with Crippen LogP contribution >= 0.6 is 0 Å². The lowest BCUT2D eigenvalue weighted by atomic mass is 10.0. The van der Waals surface area contributed by atoms with Gasteiger partial charge in [-0.2, -0.15) is 5.26 Å². The lowest BCUT2D eigenvalue weighted by molar-refractivity contribution is 0.149. The summed E-state index contributed by atoms with van der Waals surface area (Å²) >= 11 is 0. The Morgan fingerprint density at radius 2 is 2.07 bits per heavy atom. The molecule has 74 valence electrons. The minimum absolute atomic E-state index is 0.0306. The zero-order valence-electron chi connectivity index (χ0n) is 7.30. The molecule has 0 aliphatic heterocycles. The van der Waals surface area contributed by atoms with Crippen LogP contribution in [-0.4, -0.2) is 0 Å². The number of rotatable bonds is 3. The van der Waals surface area contributed by atoms with Crippen LogP contribution in [0, 0.1) is 17.1 Å². The van der Waals surface area contributed by atoms with Gasteiger partial charge in [0.1, 0.15) is 5.82 Å². The average Bonchev–Trinajstić information content (AvgIpc) is 2.15. The van der Waals surface area contributed by atoms with E-state index in [4.69, 9.17) is 5.26 Å². The highest BCUT2D eigenvalue weighted by molar-refractivity contribution is 5.30. The SMILES string of the molecule is N#CCCc1c(F)cccc1C(F)F. The lowest BCUT2D eigenvalue weighted by Gasteiger charge is -2.07. The maximum absolute atomic E-state index is 13.1. The zero-order chi connectivity index (χ0) is 10.6. The van der Waals surface area contributed by atoms with E-state index in [9.17, 15) is 13.2 Å². The summed E-state index contributed by atoms with van der Waals surface area (Å²) in [7, 11) is 0. The van der Waals surface area contributed by atoms with Crippen molar-refractivity contribution >= 4 is 0 Å². The molecule has 14 heavy (non-hydrogen) atoms. The number of halogens is 3. The van der Waals surface area contributed by atoms with Crippen LogP contribution in [0.1, 0.15) is 24.0 Å². The van der Waals surface area contributed by atoms with E-state index in [1.165, 1.54) is 12.1 Å². The molecule has 0 aromatic heterocycles. The molecule has 0 saturated heterocycles. The second-order valence-corrected chi connectivity index (χ2v) is 2.77. The van der Waals surface area contributed by atoms with E-state index in [0.29, 0.717) is 0 Å². The largest absolute Gasteiger partial charge is 0.264 e. The molecule has 0 amide bonds. The summed E-state index contributed by atoms with van der Waals surface area (Å²) in [6.07, 6.45) is -2.62. The smallest absolute Gasteiger partial charge is 0.207 e. The van der Waals surface area contributed by atoms with Gasteiger partial charge in [0.15, 0.2) is 0 Å². The first-order valence-corrected chi connectivity index (χ1v) is 4.09. The molecule has 0 N–H and O–H groups in total. The molecule has 0 bridgehead atoms. The molecule has 0 radical (unpaired) electrons. The molecule has 1 rings (SSSR count). The lowest BCUT2D eigenvalue weighted by Crippen LogP contribution is -1.98. The van der Waals surface area contributed by atoms with Gasteiger partial charge in [-0.15, -0.1) is 0 Å². The van der Waals surface area contributed by atoms with E-state index < -0.39 is 12.2 Å². The van der Waals surface area contributed by atoms with Crippen molar-refractivity contribution in [2.24, 2.45) is 0 Å². The maximum atomic E-state index is 13.1. The predicted octanol–water partition coefficient (Wildman–Crippen LogP) is 3.22. The van der Waals surface area contributed by atoms with E-state index >= 15 is 0 Å². The van der Waals surface area contributed by atoms with Crippen LogP contribution in [0.5, 0.6) is 0 Å². The van der Waals surface area contributed by atoms with Crippen LogP contribution in [0.3, 0.4) is 0 Å². The molecule has 1 nitrogen and oxygen atoms in total. The summed E-state index contributed by atoms with van der Waals surface area (Å²) in [5.74, 6) is -0.668. The maximum Gasteiger partial charge on any atom is 0.264 e. The first-order valence-electron chi connectivity index (χ1n) is 4.09. The van der Waals surface area contributed by atoms with Gasteiger partial charge in [-0.1, -0.05) is 12.1 Å². The fourth-order valence-corrected chi connectivity index (χ4v) is 1.22. The quantitative estimate of drug-likeness (QED) is 0.733. The Hall–Kier alpha value is -1.50.